The largest absolute Gasteiger partial charge is 0.342 e. The molecule has 0 fully saturated rings. The van der Waals surface area contributed by atoms with Crippen LogP contribution in [0.1, 0.15) is 29.1 Å². The maximum absolute atomic E-state index is 12.5. The Morgan fingerprint density at radius 2 is 1.94 bits per heavy atom. The second-order valence-electron chi connectivity index (χ2n) is 6.76. The van der Waals surface area contributed by atoms with Gasteiger partial charge in [0.2, 0.25) is 5.91 Å². The monoisotopic (exact) mass is 489 g/mol. The second-order valence-corrected chi connectivity index (χ2v) is 8.55. The van der Waals surface area contributed by atoms with Crippen molar-refractivity contribution < 1.29 is 9.59 Å². The molecule has 0 saturated carbocycles. The van der Waals surface area contributed by atoms with Crippen LogP contribution in [0, 0.1) is 0 Å². The van der Waals surface area contributed by atoms with E-state index in [-0.39, 0.29) is 17.6 Å². The van der Waals surface area contributed by atoms with Gasteiger partial charge in [0.05, 0.1) is 22.5 Å². The Morgan fingerprint density at radius 1 is 1.19 bits per heavy atom. The number of anilines is 1. The van der Waals surface area contributed by atoms with Crippen molar-refractivity contribution in [2.75, 3.05) is 11.1 Å². The lowest BCUT2D eigenvalue weighted by molar-refractivity contribution is -0.113. The van der Waals surface area contributed by atoms with Crippen molar-refractivity contribution in [3.8, 4) is 0 Å². The molecule has 10 heteroatoms. The number of halogens is 2. The van der Waals surface area contributed by atoms with Crippen LogP contribution in [0.4, 0.5) is 5.69 Å². The highest BCUT2D eigenvalue weighted by Crippen LogP contribution is 2.26. The Hall–Kier alpha value is -2.81. The van der Waals surface area contributed by atoms with Crippen LogP contribution in [0.5, 0.6) is 0 Å². The number of amides is 2. The average Bonchev–Trinajstić information content (AvgIpc) is 3.18. The van der Waals surface area contributed by atoms with E-state index in [1.165, 1.54) is 11.8 Å². The molecule has 1 heterocycles. The molecule has 0 spiro atoms. The zero-order valence-corrected chi connectivity index (χ0v) is 19.5. The Bertz CT molecular complexity index is 1120. The van der Waals surface area contributed by atoms with Gasteiger partial charge in [0.15, 0.2) is 11.0 Å². The van der Waals surface area contributed by atoms with Gasteiger partial charge in [-0.05, 0) is 37.3 Å². The smallest absolute Gasteiger partial charge is 0.251 e. The van der Waals surface area contributed by atoms with Gasteiger partial charge < -0.3 is 15.2 Å². The number of nitrogens with one attached hydrogen (secondary N) is 2. The van der Waals surface area contributed by atoms with E-state index < -0.39 is 6.04 Å². The molecule has 3 aromatic rings. The number of carbonyl (C=O) groups is 2. The molecule has 1 aromatic heterocycles. The minimum atomic E-state index is -0.399. The molecule has 32 heavy (non-hydrogen) atoms. The molecule has 0 aliphatic carbocycles. The fourth-order valence-corrected chi connectivity index (χ4v) is 3.96. The molecule has 3 rings (SSSR count). The fourth-order valence-electron chi connectivity index (χ4n) is 2.87. The van der Waals surface area contributed by atoms with Gasteiger partial charge in [0, 0.05) is 17.1 Å². The molecule has 0 aliphatic heterocycles. The van der Waals surface area contributed by atoms with Crippen LogP contribution in [0.2, 0.25) is 10.0 Å². The molecule has 0 radical (unpaired) electrons. The van der Waals surface area contributed by atoms with E-state index in [9.17, 15) is 9.59 Å². The van der Waals surface area contributed by atoms with Crippen molar-refractivity contribution >= 4 is 52.5 Å². The summed E-state index contributed by atoms with van der Waals surface area (Å²) in [6, 6.07) is 13.4. The standard InChI is InChI=1S/C22H21Cl2N5O2S/c1-3-11-29-20(14(2)25-21(31)15-7-5-4-6-8-15)27-28-22(29)32-13-19(30)26-18-12-16(23)9-10-17(18)24/h3-10,12,14H,1,11,13H2,2H3,(H,25,31)(H,26,30)/t14-/m1/s1. The molecule has 1 atom stereocenters. The number of allylic oxidation sites excluding steroid dienone is 1. The third-order valence-electron chi connectivity index (χ3n) is 4.36. The molecule has 7 nitrogen and oxygen atoms in total. The molecule has 2 N–H and O–H groups in total. The topological polar surface area (TPSA) is 88.9 Å². The van der Waals surface area contributed by atoms with E-state index in [2.05, 4.69) is 27.4 Å². The number of rotatable bonds is 9. The van der Waals surface area contributed by atoms with Gasteiger partial charge in [-0.2, -0.15) is 0 Å². The van der Waals surface area contributed by atoms with Crippen LogP contribution in [0.3, 0.4) is 0 Å². The summed E-state index contributed by atoms with van der Waals surface area (Å²) in [7, 11) is 0. The Labute approximate surface area is 200 Å². The summed E-state index contributed by atoms with van der Waals surface area (Å²) in [6.45, 7) is 6.03. The highest BCUT2D eigenvalue weighted by Gasteiger charge is 2.20. The number of carbonyl (C=O) groups excluding carboxylic acids is 2. The second kappa shape index (κ2) is 11.2. The number of hydrogen-bond donors (Lipinski definition) is 2. The zero-order valence-electron chi connectivity index (χ0n) is 17.2. The van der Waals surface area contributed by atoms with Gasteiger partial charge in [-0.3, -0.25) is 9.59 Å². The molecule has 166 valence electrons. The van der Waals surface area contributed by atoms with E-state index in [0.717, 1.165) is 0 Å². The Balaban J connectivity index is 1.67. The molecule has 0 aliphatic rings. The van der Waals surface area contributed by atoms with Crippen LogP contribution >= 0.6 is 35.0 Å². The molecular formula is C22H21Cl2N5O2S. The quantitative estimate of drug-likeness (QED) is 0.326. The number of benzene rings is 2. The van der Waals surface area contributed by atoms with Crippen molar-refractivity contribution in [3.63, 3.8) is 0 Å². The number of nitrogens with zero attached hydrogens (tertiary/aromatic N) is 3. The zero-order chi connectivity index (χ0) is 23.1. The highest BCUT2D eigenvalue weighted by molar-refractivity contribution is 7.99. The summed E-state index contributed by atoms with van der Waals surface area (Å²) in [6.07, 6.45) is 1.70. The Kier molecular flexibility index (Phi) is 8.33. The maximum Gasteiger partial charge on any atom is 0.251 e. The summed E-state index contributed by atoms with van der Waals surface area (Å²) in [5.41, 5.74) is 0.996. The van der Waals surface area contributed by atoms with Crippen molar-refractivity contribution in [3.05, 3.63) is 82.6 Å². The normalized spacial score (nSPS) is 11.6. The van der Waals surface area contributed by atoms with Crippen molar-refractivity contribution in [1.29, 1.82) is 0 Å². The summed E-state index contributed by atoms with van der Waals surface area (Å²) >= 11 is 13.3. The molecule has 2 amide bonds. The molecule has 0 saturated heterocycles. The van der Waals surface area contributed by atoms with Gasteiger partial charge in [0.25, 0.3) is 5.91 Å². The van der Waals surface area contributed by atoms with E-state index in [1.54, 1.807) is 48.5 Å². The van der Waals surface area contributed by atoms with E-state index >= 15 is 0 Å². The first kappa shape index (κ1) is 23.8. The first-order valence-corrected chi connectivity index (χ1v) is 11.4. The minimum Gasteiger partial charge on any atom is -0.342 e. The predicted molar refractivity (Wildman–Crippen MR) is 128 cm³/mol. The van der Waals surface area contributed by atoms with Gasteiger partial charge >= 0.3 is 0 Å². The summed E-state index contributed by atoms with van der Waals surface area (Å²) in [5, 5.41) is 15.5. The van der Waals surface area contributed by atoms with E-state index in [0.29, 0.717) is 38.8 Å². The van der Waals surface area contributed by atoms with Crippen molar-refractivity contribution in [2.45, 2.75) is 24.7 Å². The van der Waals surface area contributed by atoms with Crippen LogP contribution < -0.4 is 10.6 Å². The summed E-state index contributed by atoms with van der Waals surface area (Å²) in [5.74, 6) is 0.176. The maximum atomic E-state index is 12.5. The first-order chi connectivity index (χ1) is 15.4. The van der Waals surface area contributed by atoms with Gasteiger partial charge in [-0.1, -0.05) is 59.2 Å². The third kappa shape index (κ3) is 6.12. The Morgan fingerprint density at radius 3 is 2.66 bits per heavy atom. The lowest BCUT2D eigenvalue weighted by Gasteiger charge is -2.15. The minimum absolute atomic E-state index is 0.0862. The van der Waals surface area contributed by atoms with Gasteiger partial charge in [-0.25, -0.2) is 0 Å². The highest BCUT2D eigenvalue weighted by atomic mass is 35.5. The van der Waals surface area contributed by atoms with Crippen LogP contribution in [0.15, 0.2) is 66.3 Å². The number of aromatic nitrogens is 3. The average molecular weight is 490 g/mol. The summed E-state index contributed by atoms with van der Waals surface area (Å²) < 4.78 is 1.81. The van der Waals surface area contributed by atoms with Crippen molar-refractivity contribution in [1.82, 2.24) is 20.1 Å². The van der Waals surface area contributed by atoms with Gasteiger partial charge in [0.1, 0.15) is 0 Å². The molecular weight excluding hydrogens is 469 g/mol. The molecule has 0 bridgehead atoms. The van der Waals surface area contributed by atoms with E-state index in [4.69, 9.17) is 23.2 Å². The number of thioether (sulfide) groups is 1. The SMILES string of the molecule is C=CCn1c(SCC(=O)Nc2cc(Cl)ccc2Cl)nnc1[C@@H](C)NC(=O)c1ccccc1. The van der Waals surface area contributed by atoms with E-state index in [1.807, 2.05) is 17.6 Å². The van der Waals surface area contributed by atoms with Crippen LogP contribution in [-0.4, -0.2) is 32.3 Å². The predicted octanol–water partition coefficient (Wildman–Crippen LogP) is 4.99. The lowest BCUT2D eigenvalue weighted by Crippen LogP contribution is -2.28. The molecule has 0 unspecified atom stereocenters. The lowest BCUT2D eigenvalue weighted by atomic mass is 10.2. The first-order valence-electron chi connectivity index (χ1n) is 9.66. The number of hydrogen-bond acceptors (Lipinski definition) is 5. The fraction of sp³-hybridized carbons (Fsp3) is 0.182. The summed E-state index contributed by atoms with van der Waals surface area (Å²) in [4.78, 5) is 24.9. The van der Waals surface area contributed by atoms with Crippen LogP contribution in [0.25, 0.3) is 0 Å². The van der Waals surface area contributed by atoms with Crippen molar-refractivity contribution in [2.24, 2.45) is 0 Å². The third-order valence-corrected chi connectivity index (χ3v) is 5.89. The van der Waals surface area contributed by atoms with Crippen LogP contribution in [-0.2, 0) is 11.3 Å². The van der Waals surface area contributed by atoms with Gasteiger partial charge in [-0.15, -0.1) is 16.8 Å². The molecule has 2 aromatic carbocycles.